The zero-order chi connectivity index (χ0) is 43.0. The third kappa shape index (κ3) is 11.8. The van der Waals surface area contributed by atoms with Gasteiger partial charge in [0.05, 0.1) is 43.2 Å². The highest BCUT2D eigenvalue weighted by Gasteiger charge is 2.42. The van der Waals surface area contributed by atoms with E-state index in [0.717, 1.165) is 33.3 Å². The summed E-state index contributed by atoms with van der Waals surface area (Å²) in [7, 11) is 0. The number of aromatic nitrogens is 1. The summed E-state index contributed by atoms with van der Waals surface area (Å²) in [6, 6.07) is 14.1. The van der Waals surface area contributed by atoms with Crippen molar-refractivity contribution < 1.29 is 53.8 Å². The van der Waals surface area contributed by atoms with Gasteiger partial charge in [-0.1, -0.05) is 75.4 Å². The van der Waals surface area contributed by atoms with E-state index in [2.05, 4.69) is 4.57 Å². The van der Waals surface area contributed by atoms with Crippen LogP contribution in [-0.2, 0) is 23.9 Å². The summed E-state index contributed by atoms with van der Waals surface area (Å²) in [5.74, 6) is -3.19. The highest BCUT2D eigenvalue weighted by atomic mass is 19.1. The first-order valence-corrected chi connectivity index (χ1v) is 20.9. The van der Waals surface area contributed by atoms with Gasteiger partial charge >= 0.3 is 17.9 Å². The second-order valence-corrected chi connectivity index (χ2v) is 16.6. The van der Waals surface area contributed by atoms with Crippen LogP contribution in [0.1, 0.15) is 97.7 Å². The van der Waals surface area contributed by atoms with Gasteiger partial charge in [0.15, 0.2) is 0 Å². The Balaban J connectivity index is 1.20. The molecule has 1 aromatic heterocycles. The van der Waals surface area contributed by atoms with Crippen molar-refractivity contribution in [2.24, 2.45) is 23.7 Å². The molecule has 320 valence electrons. The molecule has 1 heterocycles. The minimum Gasteiger partial charge on any atom is -0.481 e. The molecule has 0 aliphatic heterocycles. The number of benzene rings is 2. The van der Waals surface area contributed by atoms with E-state index in [1.165, 1.54) is 18.2 Å². The number of ether oxygens (including phenoxy) is 2. The minimum atomic E-state index is -1.32. The van der Waals surface area contributed by atoms with Crippen molar-refractivity contribution in [1.29, 1.82) is 0 Å². The van der Waals surface area contributed by atoms with Gasteiger partial charge in [-0.15, -0.1) is 0 Å². The van der Waals surface area contributed by atoms with Crippen molar-refractivity contribution in [3.8, 4) is 11.1 Å². The fourth-order valence-electron chi connectivity index (χ4n) is 8.59. The van der Waals surface area contributed by atoms with E-state index in [-0.39, 0.29) is 67.2 Å². The molecule has 0 fully saturated rings. The van der Waals surface area contributed by atoms with Gasteiger partial charge in [0.1, 0.15) is 18.0 Å². The van der Waals surface area contributed by atoms with E-state index >= 15 is 0 Å². The number of aliphatic carboxylic acids is 1. The average Bonchev–Trinajstić information content (AvgIpc) is 3.50. The van der Waals surface area contributed by atoms with Gasteiger partial charge in [0, 0.05) is 53.4 Å². The molecule has 0 saturated heterocycles. The molecule has 11 nitrogen and oxygen atoms in total. The molecule has 0 radical (unpaired) electrons. The number of rotatable bonds is 19. The van der Waals surface area contributed by atoms with Crippen molar-refractivity contribution >= 4 is 34.9 Å². The maximum Gasteiger partial charge on any atom is 0.308 e. The number of aliphatic hydroxyl groups excluding tert-OH is 4. The number of para-hydroxylation sites is 1. The van der Waals surface area contributed by atoms with Gasteiger partial charge in [-0.25, -0.2) is 4.39 Å². The summed E-state index contributed by atoms with van der Waals surface area (Å²) < 4.78 is 27.4. The number of esters is 2. The molecule has 0 spiro atoms. The van der Waals surface area contributed by atoms with Gasteiger partial charge in [-0.05, 0) is 80.4 Å². The van der Waals surface area contributed by atoms with Gasteiger partial charge in [-0.2, -0.15) is 0 Å². The first-order valence-electron chi connectivity index (χ1n) is 20.9. The van der Waals surface area contributed by atoms with Crippen molar-refractivity contribution in [3.05, 3.63) is 89.9 Å². The molecule has 2 aromatic carbocycles. The fourth-order valence-corrected chi connectivity index (χ4v) is 8.59. The number of aliphatic hydroxyl groups is 4. The molecule has 2 aliphatic rings. The third-order valence-corrected chi connectivity index (χ3v) is 11.7. The number of allylic oxidation sites excluding steroid dienone is 2. The Morgan fingerprint density at radius 3 is 2.37 bits per heavy atom. The van der Waals surface area contributed by atoms with Gasteiger partial charge in [0.25, 0.3) is 0 Å². The monoisotopic (exact) mass is 817 g/mol. The Bertz CT molecular complexity index is 2000. The molecule has 59 heavy (non-hydrogen) atoms. The summed E-state index contributed by atoms with van der Waals surface area (Å²) in [6.07, 6.45) is 3.39. The molecule has 2 aliphatic carbocycles. The molecule has 3 aromatic rings. The van der Waals surface area contributed by atoms with Crippen LogP contribution < -0.4 is 0 Å². The molecule has 12 heteroatoms. The van der Waals surface area contributed by atoms with E-state index in [9.17, 15) is 44.3 Å². The number of carboxylic acids is 1. The molecule has 0 unspecified atom stereocenters. The molecule has 0 amide bonds. The predicted molar refractivity (Wildman–Crippen MR) is 223 cm³/mol. The first-order chi connectivity index (χ1) is 28.1. The Morgan fingerprint density at radius 1 is 0.983 bits per heavy atom. The number of fused-ring (bicyclic) bond motifs is 2. The van der Waals surface area contributed by atoms with E-state index in [1.807, 2.05) is 64.1 Å². The Kier molecular flexibility index (Phi) is 15.9. The highest BCUT2D eigenvalue weighted by Crippen LogP contribution is 2.44. The number of hydrogen-bond acceptors (Lipinski definition) is 9. The minimum absolute atomic E-state index is 0.0339. The fraction of sp³-hybridized carbons (Fsp3) is 0.511. The smallest absolute Gasteiger partial charge is 0.308 e. The molecule has 10 atom stereocenters. The number of hydrogen-bond donors (Lipinski definition) is 5. The van der Waals surface area contributed by atoms with Crippen molar-refractivity contribution in [2.75, 3.05) is 0 Å². The van der Waals surface area contributed by atoms with Crippen LogP contribution in [0.25, 0.3) is 28.1 Å². The molecule has 5 N–H and O–H groups in total. The third-order valence-electron chi connectivity index (χ3n) is 11.7. The number of nitrogens with zero attached hydrogens (tertiary/aromatic N) is 1. The van der Waals surface area contributed by atoms with E-state index in [1.54, 1.807) is 31.2 Å². The molecular formula is C47H60FNO10. The lowest BCUT2D eigenvalue weighted by Gasteiger charge is -2.43. The topological polar surface area (TPSA) is 176 Å². The van der Waals surface area contributed by atoms with Crippen molar-refractivity contribution in [3.63, 3.8) is 0 Å². The summed E-state index contributed by atoms with van der Waals surface area (Å²) >= 11 is 0. The normalized spacial score (nSPS) is 23.0. The zero-order valence-electron chi connectivity index (χ0n) is 34.6. The number of carbonyl (C=O) groups excluding carboxylic acids is 2. The van der Waals surface area contributed by atoms with Crippen molar-refractivity contribution in [2.45, 2.75) is 129 Å². The second kappa shape index (κ2) is 20.6. The maximum absolute atomic E-state index is 13.9. The molecule has 0 bridgehead atoms. The Hall–Kier alpha value is -4.62. The second-order valence-electron chi connectivity index (χ2n) is 16.6. The molecular weight excluding hydrogens is 758 g/mol. The maximum atomic E-state index is 13.9. The quantitative estimate of drug-likeness (QED) is 0.0760. The van der Waals surface area contributed by atoms with Crippen LogP contribution >= 0.6 is 0 Å². The van der Waals surface area contributed by atoms with Crippen LogP contribution in [-0.4, -0.2) is 84.6 Å². The van der Waals surface area contributed by atoms with Crippen molar-refractivity contribution in [1.82, 2.24) is 4.57 Å². The van der Waals surface area contributed by atoms with E-state index < -0.39 is 61.4 Å². The van der Waals surface area contributed by atoms with E-state index in [4.69, 9.17) is 9.47 Å². The van der Waals surface area contributed by atoms with E-state index in [0.29, 0.717) is 12.8 Å². The van der Waals surface area contributed by atoms with Gasteiger partial charge in [-0.3, -0.25) is 14.4 Å². The van der Waals surface area contributed by atoms with Gasteiger partial charge in [0.2, 0.25) is 0 Å². The molecule has 0 saturated carbocycles. The van der Waals surface area contributed by atoms with Gasteiger partial charge < -0.3 is 39.6 Å². The Morgan fingerprint density at radius 2 is 1.69 bits per heavy atom. The Labute approximate surface area is 345 Å². The summed E-state index contributed by atoms with van der Waals surface area (Å²) in [6.45, 7) is 9.84. The lowest BCUT2D eigenvalue weighted by Crippen LogP contribution is -2.43. The lowest BCUT2D eigenvalue weighted by atomic mass is 9.66. The molecule has 5 rings (SSSR count). The standard InChI is InChI=1S/C47H60FNO10/c1-6-28(4)47(57)59-42-24-35(52)21-31-12-11-29(5)38(46(31)42)19-17-34(51)23-37(26-43(54)55)58-44(56)25-36(53)22-33(50)18-20-41-45(30-13-15-32(48)16-14-30)39-9-7-8-10-40(39)49(41)27(2)3/h7-16,18,20-21,27-29,33-38,42,46,50-53H,6,17,19,22-26H2,1-5H3,(H,54,55)/t28-,29-,33-,34+,35+,36-,37+,38-,42-,46-/m0/s1. The average molecular weight is 818 g/mol. The lowest BCUT2D eigenvalue weighted by molar-refractivity contribution is -0.160. The SMILES string of the molecule is CC[C@H](C)C(=O)O[C@H]1C[C@H](O)C=C2C=C[C@H](C)[C@H](CC[C@@H](O)C[C@H](CC(=O)O)OC(=O)C[C@@H](O)C[C@@H](O)C=Cc3c(-c4ccc(F)cc4)c4ccccc4n3C(C)C)[C@H]21. The predicted octanol–water partition coefficient (Wildman–Crippen LogP) is 7.55. The summed E-state index contributed by atoms with van der Waals surface area (Å²) in [4.78, 5) is 37.5. The van der Waals surface area contributed by atoms with Crippen LogP contribution in [0, 0.1) is 29.5 Å². The number of carbonyl (C=O) groups is 3. The summed E-state index contributed by atoms with van der Waals surface area (Å²) in [5.41, 5.74) is 4.29. The summed E-state index contributed by atoms with van der Waals surface area (Å²) in [5, 5.41) is 54.0. The number of halogens is 1. The van der Waals surface area contributed by atoms with Crippen LogP contribution in [0.3, 0.4) is 0 Å². The highest BCUT2D eigenvalue weighted by molar-refractivity contribution is 6.01. The first kappa shape index (κ1) is 45.5. The van der Waals surface area contributed by atoms with Crippen LogP contribution in [0.15, 0.2) is 78.4 Å². The van der Waals surface area contributed by atoms with Crippen LogP contribution in [0.4, 0.5) is 4.39 Å². The zero-order valence-corrected chi connectivity index (χ0v) is 34.6. The van der Waals surface area contributed by atoms with Crippen LogP contribution in [0.2, 0.25) is 0 Å². The number of carboxylic acid groups (broad SMARTS) is 1. The van der Waals surface area contributed by atoms with Crippen LogP contribution in [0.5, 0.6) is 0 Å². The largest absolute Gasteiger partial charge is 0.481 e.